The quantitative estimate of drug-likeness (QED) is 0.902. The Balaban J connectivity index is 1.61. The van der Waals surface area contributed by atoms with Gasteiger partial charge in [-0.2, -0.15) is 0 Å². The molecule has 110 valence electrons. The minimum atomic E-state index is 0.181. The fourth-order valence-corrected chi connectivity index (χ4v) is 4.12. The molecular weight excluding hydrogens is 314 g/mol. The van der Waals surface area contributed by atoms with Crippen LogP contribution in [0.2, 0.25) is 0 Å². The summed E-state index contributed by atoms with van der Waals surface area (Å²) in [7, 11) is 0. The maximum atomic E-state index is 6.50. The third-order valence-corrected chi connectivity index (χ3v) is 5.56. The molecule has 2 atom stereocenters. The van der Waals surface area contributed by atoms with Gasteiger partial charge in [-0.15, -0.1) is 0 Å². The first-order valence-corrected chi connectivity index (χ1v) is 8.60. The van der Waals surface area contributed by atoms with E-state index in [4.69, 9.17) is 10.5 Å². The topological polar surface area (TPSA) is 35.2 Å². The van der Waals surface area contributed by atoms with E-state index in [2.05, 4.69) is 40.2 Å². The first-order chi connectivity index (χ1) is 9.67. The summed E-state index contributed by atoms with van der Waals surface area (Å²) in [4.78, 5) is 0. The van der Waals surface area contributed by atoms with E-state index in [1.807, 2.05) is 0 Å². The summed E-state index contributed by atoms with van der Waals surface area (Å²) in [6.07, 6.45) is 8.42. The molecular formula is C17H24BrNO. The Hall–Kier alpha value is -0.380. The number of benzene rings is 1. The highest BCUT2D eigenvalue weighted by Crippen LogP contribution is 2.42. The van der Waals surface area contributed by atoms with Crippen molar-refractivity contribution < 1.29 is 4.74 Å². The van der Waals surface area contributed by atoms with Crippen molar-refractivity contribution in [2.45, 2.75) is 56.6 Å². The van der Waals surface area contributed by atoms with Crippen LogP contribution in [0.15, 0.2) is 28.7 Å². The van der Waals surface area contributed by atoms with Crippen LogP contribution in [0.25, 0.3) is 0 Å². The lowest BCUT2D eigenvalue weighted by molar-refractivity contribution is -0.0960. The smallest absolute Gasteiger partial charge is 0.0685 e. The van der Waals surface area contributed by atoms with Crippen LogP contribution < -0.4 is 5.73 Å². The van der Waals surface area contributed by atoms with Crippen LogP contribution in [0.5, 0.6) is 0 Å². The Bertz CT molecular complexity index is 439. The largest absolute Gasteiger partial charge is 0.375 e. The molecule has 2 N–H and O–H groups in total. The molecule has 2 fully saturated rings. The van der Waals surface area contributed by atoms with E-state index < -0.39 is 0 Å². The molecule has 2 nitrogen and oxygen atoms in total. The van der Waals surface area contributed by atoms with Gasteiger partial charge in [-0.3, -0.25) is 0 Å². The van der Waals surface area contributed by atoms with E-state index in [1.165, 1.54) is 37.7 Å². The average molecular weight is 338 g/mol. The highest BCUT2D eigenvalue weighted by molar-refractivity contribution is 9.10. The molecule has 1 aromatic carbocycles. The van der Waals surface area contributed by atoms with Gasteiger partial charge in [0, 0.05) is 17.1 Å². The molecule has 3 heteroatoms. The normalized spacial score (nSPS) is 26.8. The van der Waals surface area contributed by atoms with E-state index >= 15 is 0 Å². The van der Waals surface area contributed by atoms with Crippen molar-refractivity contribution in [2.75, 3.05) is 6.61 Å². The van der Waals surface area contributed by atoms with Gasteiger partial charge < -0.3 is 10.5 Å². The van der Waals surface area contributed by atoms with E-state index in [-0.39, 0.29) is 11.6 Å². The predicted molar refractivity (Wildman–Crippen MR) is 85.7 cm³/mol. The van der Waals surface area contributed by atoms with Crippen molar-refractivity contribution in [3.8, 4) is 0 Å². The van der Waals surface area contributed by atoms with E-state index in [9.17, 15) is 0 Å². The zero-order valence-corrected chi connectivity index (χ0v) is 13.6. The Morgan fingerprint density at radius 1 is 1.25 bits per heavy atom. The van der Waals surface area contributed by atoms with E-state index in [0.29, 0.717) is 5.92 Å². The van der Waals surface area contributed by atoms with Gasteiger partial charge in [-0.25, -0.2) is 0 Å². The average Bonchev–Trinajstić information content (AvgIpc) is 2.89. The summed E-state index contributed by atoms with van der Waals surface area (Å²) in [6, 6.07) is 8.82. The van der Waals surface area contributed by atoms with Crippen molar-refractivity contribution in [2.24, 2.45) is 11.7 Å². The first-order valence-electron chi connectivity index (χ1n) is 7.81. The Morgan fingerprint density at radius 3 is 2.65 bits per heavy atom. The number of halogens is 1. The molecule has 1 aromatic rings. The number of rotatable bonds is 3. The minimum Gasteiger partial charge on any atom is -0.375 e. The molecule has 1 aliphatic heterocycles. The fourth-order valence-electron chi connectivity index (χ4n) is 3.86. The van der Waals surface area contributed by atoms with Gasteiger partial charge in [0.2, 0.25) is 0 Å². The van der Waals surface area contributed by atoms with Crippen molar-refractivity contribution in [1.29, 1.82) is 0 Å². The van der Waals surface area contributed by atoms with Crippen molar-refractivity contribution in [3.63, 3.8) is 0 Å². The van der Waals surface area contributed by atoms with Gasteiger partial charge in [-0.05, 0) is 55.7 Å². The van der Waals surface area contributed by atoms with Crippen LogP contribution in [-0.4, -0.2) is 18.2 Å². The van der Waals surface area contributed by atoms with Gasteiger partial charge in [0.25, 0.3) is 0 Å². The molecule has 0 aromatic heterocycles. The lowest BCUT2D eigenvalue weighted by Gasteiger charge is -2.40. The van der Waals surface area contributed by atoms with Crippen LogP contribution in [0.3, 0.4) is 0 Å². The van der Waals surface area contributed by atoms with Crippen LogP contribution in [0, 0.1) is 5.92 Å². The third-order valence-electron chi connectivity index (χ3n) is 5.04. The second-order valence-electron chi connectivity index (χ2n) is 6.49. The first kappa shape index (κ1) is 14.6. The third kappa shape index (κ3) is 3.26. The second kappa shape index (κ2) is 6.17. The molecule has 1 saturated heterocycles. The van der Waals surface area contributed by atoms with Crippen LogP contribution in [-0.2, 0) is 11.2 Å². The summed E-state index contributed by atoms with van der Waals surface area (Å²) < 4.78 is 7.24. The monoisotopic (exact) mass is 337 g/mol. The molecule has 2 unspecified atom stereocenters. The fraction of sp³-hybridized carbons (Fsp3) is 0.647. The lowest BCUT2D eigenvalue weighted by Crippen LogP contribution is -2.44. The summed E-state index contributed by atoms with van der Waals surface area (Å²) >= 11 is 3.48. The van der Waals surface area contributed by atoms with Crippen LogP contribution >= 0.6 is 15.9 Å². The summed E-state index contributed by atoms with van der Waals surface area (Å²) in [6.45, 7) is 0.901. The zero-order valence-electron chi connectivity index (χ0n) is 12.0. The van der Waals surface area contributed by atoms with Gasteiger partial charge in [0.05, 0.1) is 5.60 Å². The molecule has 0 bridgehead atoms. The van der Waals surface area contributed by atoms with E-state index in [0.717, 1.165) is 23.9 Å². The standard InChI is InChI=1S/C17H24BrNO/c18-15-5-3-13(4-6-15)11-16(19)14-7-10-20-17(12-14)8-1-2-9-17/h3-6,14,16H,1-2,7-12,19H2. The van der Waals surface area contributed by atoms with Crippen molar-refractivity contribution in [3.05, 3.63) is 34.3 Å². The van der Waals surface area contributed by atoms with Gasteiger partial charge >= 0.3 is 0 Å². The van der Waals surface area contributed by atoms with E-state index in [1.54, 1.807) is 0 Å². The SMILES string of the molecule is NC(Cc1ccc(Br)cc1)C1CCOC2(CCCC2)C1. The maximum absolute atomic E-state index is 6.50. The molecule has 2 aliphatic rings. The molecule has 1 saturated carbocycles. The number of ether oxygens (including phenoxy) is 1. The zero-order chi connectivity index (χ0) is 14.0. The molecule has 20 heavy (non-hydrogen) atoms. The molecule has 0 amide bonds. The number of hydrogen-bond donors (Lipinski definition) is 1. The van der Waals surface area contributed by atoms with Gasteiger partial charge in [0.15, 0.2) is 0 Å². The predicted octanol–water partition coefficient (Wildman–Crippen LogP) is 4.06. The highest BCUT2D eigenvalue weighted by Gasteiger charge is 2.41. The second-order valence-corrected chi connectivity index (χ2v) is 7.40. The van der Waals surface area contributed by atoms with Crippen LogP contribution in [0.1, 0.15) is 44.1 Å². The number of nitrogens with two attached hydrogens (primary N) is 1. The van der Waals surface area contributed by atoms with Crippen LogP contribution in [0.4, 0.5) is 0 Å². The Labute approximate surface area is 130 Å². The molecule has 3 rings (SSSR count). The summed E-state index contributed by atoms with van der Waals surface area (Å²) in [5.74, 6) is 0.616. The minimum absolute atomic E-state index is 0.181. The highest BCUT2D eigenvalue weighted by atomic mass is 79.9. The Morgan fingerprint density at radius 2 is 1.95 bits per heavy atom. The molecule has 1 heterocycles. The van der Waals surface area contributed by atoms with Crippen molar-refractivity contribution in [1.82, 2.24) is 0 Å². The van der Waals surface area contributed by atoms with Gasteiger partial charge in [-0.1, -0.05) is 40.9 Å². The summed E-state index contributed by atoms with van der Waals surface area (Å²) in [5, 5.41) is 0. The van der Waals surface area contributed by atoms with Crippen molar-refractivity contribution >= 4 is 15.9 Å². The molecule has 1 spiro atoms. The summed E-state index contributed by atoms with van der Waals surface area (Å²) in [5.41, 5.74) is 8.02. The molecule has 0 radical (unpaired) electrons. The van der Waals surface area contributed by atoms with Gasteiger partial charge in [0.1, 0.15) is 0 Å². The maximum Gasteiger partial charge on any atom is 0.0685 e. The molecule has 1 aliphatic carbocycles. The number of hydrogen-bond acceptors (Lipinski definition) is 2. The Kier molecular flexibility index (Phi) is 4.49. The lowest BCUT2D eigenvalue weighted by atomic mass is 9.79.